The van der Waals surface area contributed by atoms with E-state index in [4.69, 9.17) is 0 Å². The first-order valence-electron chi connectivity index (χ1n) is 12.6. The molecule has 1 N–H and O–H groups in total. The molecular weight excluding hydrogens is 486 g/mol. The van der Waals surface area contributed by atoms with Crippen LogP contribution in [0.2, 0.25) is 0 Å². The van der Waals surface area contributed by atoms with Crippen molar-refractivity contribution in [2.24, 2.45) is 0 Å². The molecule has 3 aromatic rings. The molecule has 8 heteroatoms. The van der Waals surface area contributed by atoms with E-state index in [1.807, 2.05) is 44.2 Å². The van der Waals surface area contributed by atoms with Crippen molar-refractivity contribution in [3.63, 3.8) is 0 Å². The maximum atomic E-state index is 13.9. The Morgan fingerprint density at radius 3 is 1.97 bits per heavy atom. The number of amides is 2. The monoisotopic (exact) mass is 521 g/mol. The second-order valence-electron chi connectivity index (χ2n) is 8.74. The molecule has 196 valence electrons. The number of nitrogens with one attached hydrogen (secondary N) is 1. The predicted molar refractivity (Wildman–Crippen MR) is 146 cm³/mol. The Morgan fingerprint density at radius 1 is 0.838 bits per heavy atom. The lowest BCUT2D eigenvalue weighted by Crippen LogP contribution is -2.52. The number of para-hydroxylation sites is 1. The first-order chi connectivity index (χ1) is 17.9. The lowest BCUT2D eigenvalue weighted by atomic mass is 10.1. The van der Waals surface area contributed by atoms with Gasteiger partial charge in [-0.1, -0.05) is 87.0 Å². The quantitative estimate of drug-likeness (QED) is 0.333. The van der Waals surface area contributed by atoms with Crippen molar-refractivity contribution in [1.82, 2.24) is 10.2 Å². The normalized spacial score (nSPS) is 11.9. The predicted octanol–water partition coefficient (Wildman–Crippen LogP) is 4.61. The van der Waals surface area contributed by atoms with Crippen LogP contribution in [0.25, 0.3) is 0 Å². The molecule has 0 radical (unpaired) electrons. The molecule has 0 saturated carbocycles. The highest BCUT2D eigenvalue weighted by Crippen LogP contribution is 2.24. The van der Waals surface area contributed by atoms with Gasteiger partial charge in [-0.3, -0.25) is 13.9 Å². The highest BCUT2D eigenvalue weighted by atomic mass is 32.2. The molecule has 0 fully saturated rings. The molecule has 0 bridgehead atoms. The van der Waals surface area contributed by atoms with Crippen molar-refractivity contribution in [3.05, 3.63) is 96.6 Å². The van der Waals surface area contributed by atoms with Crippen molar-refractivity contribution < 1.29 is 18.0 Å². The highest BCUT2D eigenvalue weighted by molar-refractivity contribution is 7.92. The Kier molecular flexibility index (Phi) is 10.3. The molecule has 7 nitrogen and oxygen atoms in total. The van der Waals surface area contributed by atoms with Crippen LogP contribution in [0.15, 0.2) is 95.9 Å². The molecular formula is C29H35N3O4S. The summed E-state index contributed by atoms with van der Waals surface area (Å²) >= 11 is 0. The zero-order valence-electron chi connectivity index (χ0n) is 21.4. The minimum atomic E-state index is -4.04. The zero-order chi connectivity index (χ0) is 26.7. The van der Waals surface area contributed by atoms with Gasteiger partial charge in [-0.25, -0.2) is 8.42 Å². The fraction of sp³-hybridized carbons (Fsp3) is 0.310. The van der Waals surface area contributed by atoms with Crippen LogP contribution in [-0.2, 0) is 26.2 Å². The van der Waals surface area contributed by atoms with Gasteiger partial charge in [0.1, 0.15) is 12.6 Å². The molecule has 0 aliphatic rings. The smallest absolute Gasteiger partial charge is 0.264 e. The molecule has 0 aliphatic heterocycles. The van der Waals surface area contributed by atoms with Gasteiger partial charge in [0.2, 0.25) is 11.8 Å². The molecule has 37 heavy (non-hydrogen) atoms. The molecule has 0 saturated heterocycles. The van der Waals surface area contributed by atoms with E-state index in [0.717, 1.165) is 22.7 Å². The number of carbonyl (C=O) groups excluding carboxylic acids is 2. The second-order valence-corrected chi connectivity index (χ2v) is 10.6. The van der Waals surface area contributed by atoms with Crippen LogP contribution in [-0.4, -0.2) is 44.3 Å². The maximum absolute atomic E-state index is 13.9. The summed E-state index contributed by atoms with van der Waals surface area (Å²) in [5, 5.41) is 2.93. The number of benzene rings is 3. The van der Waals surface area contributed by atoms with E-state index >= 15 is 0 Å². The summed E-state index contributed by atoms with van der Waals surface area (Å²) < 4.78 is 28.5. The van der Waals surface area contributed by atoms with Gasteiger partial charge < -0.3 is 10.2 Å². The van der Waals surface area contributed by atoms with Crippen molar-refractivity contribution >= 4 is 27.5 Å². The largest absolute Gasteiger partial charge is 0.354 e. The number of nitrogens with zero attached hydrogens (tertiary/aromatic N) is 2. The molecule has 3 aromatic carbocycles. The van der Waals surface area contributed by atoms with Gasteiger partial charge in [0.25, 0.3) is 10.0 Å². The lowest BCUT2D eigenvalue weighted by Gasteiger charge is -2.33. The summed E-state index contributed by atoms with van der Waals surface area (Å²) in [5.74, 6) is -0.692. The molecule has 0 aromatic heterocycles. The van der Waals surface area contributed by atoms with Gasteiger partial charge in [0.05, 0.1) is 10.6 Å². The number of carbonyl (C=O) groups is 2. The van der Waals surface area contributed by atoms with Crippen molar-refractivity contribution in [2.75, 3.05) is 17.4 Å². The van der Waals surface area contributed by atoms with Gasteiger partial charge >= 0.3 is 0 Å². The maximum Gasteiger partial charge on any atom is 0.264 e. The van der Waals surface area contributed by atoms with Gasteiger partial charge in [-0.15, -0.1) is 0 Å². The van der Waals surface area contributed by atoms with E-state index in [1.54, 1.807) is 48.5 Å². The Hall–Kier alpha value is -3.65. The Labute approximate surface area is 220 Å². The van der Waals surface area contributed by atoms with E-state index in [-0.39, 0.29) is 17.3 Å². The summed E-state index contributed by atoms with van der Waals surface area (Å²) in [4.78, 5) is 28.6. The SMILES string of the molecule is CCCCNC(=O)[C@H](CC)N(Cc1ccccc1)C(=O)CN(c1ccccc1)S(=O)(=O)c1ccccc1. The summed E-state index contributed by atoms with van der Waals surface area (Å²) in [7, 11) is -4.04. The van der Waals surface area contributed by atoms with Gasteiger partial charge in [-0.2, -0.15) is 0 Å². The van der Waals surface area contributed by atoms with E-state index in [0.29, 0.717) is 18.7 Å². The standard InChI is InChI=1S/C29H35N3O4S/c1-3-5-21-30-29(34)27(4-2)31(22-24-15-9-6-10-16-24)28(33)23-32(25-17-11-7-12-18-25)37(35,36)26-19-13-8-14-20-26/h6-20,27H,3-5,21-23H2,1-2H3,(H,30,34)/t27-/m0/s1. The third kappa shape index (κ3) is 7.43. The number of hydrogen-bond donors (Lipinski definition) is 1. The fourth-order valence-corrected chi connectivity index (χ4v) is 5.48. The Balaban J connectivity index is 1.98. The van der Waals surface area contributed by atoms with Crippen LogP contribution in [0.1, 0.15) is 38.7 Å². The first kappa shape index (κ1) is 27.9. The van der Waals surface area contributed by atoms with Crippen LogP contribution < -0.4 is 9.62 Å². The van der Waals surface area contributed by atoms with Crippen molar-refractivity contribution in [2.45, 2.75) is 50.6 Å². The minimum absolute atomic E-state index is 0.0885. The summed E-state index contributed by atoms with van der Waals surface area (Å²) in [6.07, 6.45) is 2.17. The second kappa shape index (κ2) is 13.6. The van der Waals surface area contributed by atoms with Crippen LogP contribution in [0.3, 0.4) is 0 Å². The summed E-state index contributed by atoms with van der Waals surface area (Å²) in [5.41, 5.74) is 1.23. The topological polar surface area (TPSA) is 86.8 Å². The number of anilines is 1. The van der Waals surface area contributed by atoms with E-state index in [1.165, 1.54) is 17.0 Å². The average molecular weight is 522 g/mol. The fourth-order valence-electron chi connectivity index (χ4n) is 4.05. The van der Waals surface area contributed by atoms with E-state index in [9.17, 15) is 18.0 Å². The summed E-state index contributed by atoms with van der Waals surface area (Å²) in [6, 6.07) is 25.3. The molecule has 2 amide bonds. The van der Waals surface area contributed by atoms with Crippen LogP contribution in [0, 0.1) is 0 Å². The molecule has 0 heterocycles. The number of hydrogen-bond acceptors (Lipinski definition) is 4. The molecule has 0 unspecified atom stereocenters. The lowest BCUT2D eigenvalue weighted by molar-refractivity contribution is -0.140. The number of rotatable bonds is 13. The Bertz CT molecular complexity index is 1240. The average Bonchev–Trinajstić information content (AvgIpc) is 2.93. The highest BCUT2D eigenvalue weighted by Gasteiger charge is 2.33. The van der Waals surface area contributed by atoms with E-state index in [2.05, 4.69) is 5.32 Å². The third-order valence-electron chi connectivity index (χ3n) is 6.07. The molecule has 1 atom stereocenters. The Morgan fingerprint density at radius 2 is 1.41 bits per heavy atom. The number of unbranched alkanes of at least 4 members (excludes halogenated alkanes) is 1. The molecule has 0 spiro atoms. The molecule has 0 aliphatic carbocycles. The van der Waals surface area contributed by atoms with Gasteiger partial charge in [0.15, 0.2) is 0 Å². The van der Waals surface area contributed by atoms with Crippen LogP contribution >= 0.6 is 0 Å². The van der Waals surface area contributed by atoms with Gasteiger partial charge in [-0.05, 0) is 42.7 Å². The van der Waals surface area contributed by atoms with Crippen molar-refractivity contribution in [1.29, 1.82) is 0 Å². The van der Waals surface area contributed by atoms with Crippen LogP contribution in [0.5, 0.6) is 0 Å². The zero-order valence-corrected chi connectivity index (χ0v) is 22.2. The minimum Gasteiger partial charge on any atom is -0.354 e. The van der Waals surface area contributed by atoms with E-state index < -0.39 is 28.5 Å². The summed E-state index contributed by atoms with van der Waals surface area (Å²) in [6.45, 7) is 4.17. The third-order valence-corrected chi connectivity index (χ3v) is 7.85. The number of sulfonamides is 1. The first-order valence-corrected chi connectivity index (χ1v) is 14.1. The molecule has 3 rings (SSSR count). The van der Waals surface area contributed by atoms with Crippen molar-refractivity contribution in [3.8, 4) is 0 Å². The van der Waals surface area contributed by atoms with Gasteiger partial charge in [0, 0.05) is 13.1 Å². The van der Waals surface area contributed by atoms with Crippen LogP contribution in [0.4, 0.5) is 5.69 Å².